The van der Waals surface area contributed by atoms with Gasteiger partial charge in [0.25, 0.3) is 0 Å². The number of aromatic nitrogens is 2. The first-order valence-corrected chi connectivity index (χ1v) is 20.3. The first-order valence-electron chi connectivity index (χ1n) is 18.6. The van der Waals surface area contributed by atoms with Gasteiger partial charge in [-0.15, -0.1) is 22.7 Å². The van der Waals surface area contributed by atoms with Crippen molar-refractivity contribution in [3.05, 3.63) is 104 Å². The van der Waals surface area contributed by atoms with Crippen LogP contribution in [0.4, 0.5) is 9.59 Å². The standard InChI is InChI=1S/C13H21N3O2S.C10H17N3O2S.2C7H8.C2H7N.C2H6/c1-5-10(7-17)15-13(18)16(4)6-11-8-19-12(14-11)9(2)3;1-11-4-2-3-5-13-10(14)15-7-9-6-12-8-16-9;2*1-7-5-3-2-4-6-7;1-2-3;1-2/h7-10H,5-6H2,1-4H3,(H,15,18);6,8,11H,2-5,7H2,1H3,(H,13,14);2*2-6H,1H3;2-3H2,1H3;1-2H3. The lowest BCUT2D eigenvalue weighted by Crippen LogP contribution is -2.43. The number of aryl methyl sites for hydroxylation is 2. The predicted molar refractivity (Wildman–Crippen MR) is 228 cm³/mol. The second kappa shape index (κ2) is 35.8. The molecule has 2 heterocycles. The van der Waals surface area contributed by atoms with E-state index in [0.717, 1.165) is 47.8 Å². The summed E-state index contributed by atoms with van der Waals surface area (Å²) in [5.41, 5.74) is 10.1. The van der Waals surface area contributed by atoms with Gasteiger partial charge < -0.3 is 36.1 Å². The highest BCUT2D eigenvalue weighted by Crippen LogP contribution is 2.19. The van der Waals surface area contributed by atoms with Gasteiger partial charge in [0.1, 0.15) is 12.9 Å². The van der Waals surface area contributed by atoms with Gasteiger partial charge in [-0.3, -0.25) is 4.98 Å². The molecule has 1 atom stereocenters. The number of carbonyl (C=O) groups excluding carboxylic acids is 3. The van der Waals surface area contributed by atoms with E-state index in [1.165, 1.54) is 27.4 Å². The third kappa shape index (κ3) is 29.3. The van der Waals surface area contributed by atoms with Crippen LogP contribution >= 0.6 is 22.7 Å². The minimum atomic E-state index is -0.420. The quantitative estimate of drug-likeness (QED) is 0.0776. The van der Waals surface area contributed by atoms with Crippen LogP contribution in [-0.2, 0) is 22.7 Å². The Kier molecular flexibility index (Phi) is 34.5. The Hall–Kier alpha value is -4.17. The lowest BCUT2D eigenvalue weighted by atomic mass is 10.2. The van der Waals surface area contributed by atoms with Crippen molar-refractivity contribution in [1.82, 2.24) is 30.8 Å². The van der Waals surface area contributed by atoms with Crippen molar-refractivity contribution < 1.29 is 19.1 Å². The zero-order valence-corrected chi connectivity index (χ0v) is 35.9. The number of urea groups is 1. The fourth-order valence-electron chi connectivity index (χ4n) is 3.66. The van der Waals surface area contributed by atoms with Crippen LogP contribution in [0.5, 0.6) is 0 Å². The molecule has 5 N–H and O–H groups in total. The Balaban J connectivity index is 0. The van der Waals surface area contributed by atoms with Gasteiger partial charge in [0.05, 0.1) is 33.7 Å². The van der Waals surface area contributed by atoms with Crippen LogP contribution in [0.2, 0.25) is 0 Å². The summed E-state index contributed by atoms with van der Waals surface area (Å²) in [5.74, 6) is 0.400. The van der Waals surface area contributed by atoms with Gasteiger partial charge in [0.15, 0.2) is 0 Å². The van der Waals surface area contributed by atoms with Gasteiger partial charge in [-0.1, -0.05) is 113 Å². The molecule has 0 fully saturated rings. The molecular formula is C41H67N7O4S2. The number of nitrogens with one attached hydrogen (secondary N) is 3. The summed E-state index contributed by atoms with van der Waals surface area (Å²) in [5, 5.41) is 11.5. The van der Waals surface area contributed by atoms with Crippen molar-refractivity contribution in [2.75, 3.05) is 33.7 Å². The number of rotatable bonds is 13. The highest BCUT2D eigenvalue weighted by atomic mass is 32.1. The third-order valence-corrected chi connectivity index (χ3v) is 8.50. The molecule has 4 rings (SSSR count). The second-order valence-corrected chi connectivity index (χ2v) is 13.6. The SMILES string of the molecule is CC.CCC(C=O)NC(=O)N(C)Cc1csc(C(C)C)n1.CCN.CNCCCCNC(=O)OCc1cncs1.Cc1ccccc1.Cc1ccccc1. The van der Waals surface area contributed by atoms with Crippen LogP contribution in [0.3, 0.4) is 0 Å². The largest absolute Gasteiger partial charge is 0.444 e. The van der Waals surface area contributed by atoms with E-state index in [-0.39, 0.29) is 12.1 Å². The summed E-state index contributed by atoms with van der Waals surface area (Å²) >= 11 is 3.08. The predicted octanol–water partition coefficient (Wildman–Crippen LogP) is 8.74. The molecule has 2 aromatic heterocycles. The molecule has 11 nitrogen and oxygen atoms in total. The minimum Gasteiger partial charge on any atom is -0.444 e. The zero-order chi connectivity index (χ0) is 41.0. The average Bonchev–Trinajstić information content (AvgIpc) is 3.88. The molecule has 0 aliphatic carbocycles. The molecular weight excluding hydrogens is 719 g/mol. The Morgan fingerprint density at radius 1 is 0.944 bits per heavy atom. The molecule has 54 heavy (non-hydrogen) atoms. The monoisotopic (exact) mass is 785 g/mol. The molecule has 13 heteroatoms. The summed E-state index contributed by atoms with van der Waals surface area (Å²) in [4.78, 5) is 44.6. The van der Waals surface area contributed by atoms with Crippen molar-refractivity contribution >= 4 is 41.1 Å². The summed E-state index contributed by atoms with van der Waals surface area (Å²) in [7, 11) is 3.61. The van der Waals surface area contributed by atoms with Gasteiger partial charge in [-0.2, -0.15) is 0 Å². The van der Waals surface area contributed by atoms with Crippen molar-refractivity contribution in [3.63, 3.8) is 0 Å². The fourth-order valence-corrected chi connectivity index (χ4v) is 5.00. The molecule has 0 saturated heterocycles. The number of amides is 3. The smallest absolute Gasteiger partial charge is 0.407 e. The average molecular weight is 786 g/mol. The number of ether oxygens (including phenoxy) is 1. The number of thiazole rings is 2. The highest BCUT2D eigenvalue weighted by molar-refractivity contribution is 7.09. The Labute approximate surface area is 333 Å². The Morgan fingerprint density at radius 3 is 1.91 bits per heavy atom. The lowest BCUT2D eigenvalue weighted by molar-refractivity contribution is -0.109. The molecule has 0 radical (unpaired) electrons. The van der Waals surface area contributed by atoms with Gasteiger partial charge >= 0.3 is 12.1 Å². The van der Waals surface area contributed by atoms with Crippen LogP contribution in [0, 0.1) is 13.8 Å². The van der Waals surface area contributed by atoms with Gasteiger partial charge in [-0.25, -0.2) is 14.6 Å². The van der Waals surface area contributed by atoms with Crippen molar-refractivity contribution in [3.8, 4) is 0 Å². The van der Waals surface area contributed by atoms with E-state index in [1.807, 2.05) is 76.5 Å². The number of nitrogens with zero attached hydrogens (tertiary/aromatic N) is 3. The maximum Gasteiger partial charge on any atom is 0.407 e. The van der Waals surface area contributed by atoms with Crippen molar-refractivity contribution in [2.24, 2.45) is 5.73 Å². The van der Waals surface area contributed by atoms with Crippen LogP contribution in [0.1, 0.15) is 93.4 Å². The number of nitrogens with two attached hydrogens (primary N) is 1. The third-order valence-electron chi connectivity index (χ3n) is 6.56. The second-order valence-electron chi connectivity index (χ2n) is 11.8. The molecule has 0 aliphatic heterocycles. The highest BCUT2D eigenvalue weighted by Gasteiger charge is 2.15. The first kappa shape index (κ1) is 51.9. The number of hydrogen-bond donors (Lipinski definition) is 4. The summed E-state index contributed by atoms with van der Waals surface area (Å²) in [6.07, 6.45) is 4.69. The van der Waals surface area contributed by atoms with E-state index < -0.39 is 6.04 Å². The molecule has 0 spiro atoms. The first-order chi connectivity index (χ1) is 26.0. The van der Waals surface area contributed by atoms with Crippen LogP contribution in [-0.4, -0.2) is 73.0 Å². The fraction of sp³-hybridized carbons (Fsp3) is 0.488. The van der Waals surface area contributed by atoms with E-state index in [2.05, 4.69) is 77.9 Å². The molecule has 0 saturated carbocycles. The lowest BCUT2D eigenvalue weighted by Gasteiger charge is -2.19. The van der Waals surface area contributed by atoms with Crippen LogP contribution in [0.15, 0.2) is 77.8 Å². The summed E-state index contributed by atoms with van der Waals surface area (Å²) < 4.78 is 5.00. The van der Waals surface area contributed by atoms with E-state index in [0.29, 0.717) is 32.0 Å². The molecule has 2 aromatic carbocycles. The van der Waals surface area contributed by atoms with Crippen LogP contribution < -0.4 is 21.7 Å². The molecule has 302 valence electrons. The molecule has 3 amide bonds. The number of aldehydes is 1. The van der Waals surface area contributed by atoms with E-state index in [4.69, 9.17) is 10.5 Å². The Morgan fingerprint density at radius 2 is 1.50 bits per heavy atom. The van der Waals surface area contributed by atoms with Gasteiger partial charge in [-0.05, 0) is 53.2 Å². The van der Waals surface area contributed by atoms with Gasteiger partial charge in [0, 0.05) is 31.1 Å². The van der Waals surface area contributed by atoms with Crippen LogP contribution in [0.25, 0.3) is 0 Å². The van der Waals surface area contributed by atoms with E-state index >= 15 is 0 Å². The van der Waals surface area contributed by atoms with Crippen molar-refractivity contribution in [2.45, 2.75) is 99.8 Å². The van der Waals surface area contributed by atoms with E-state index in [9.17, 15) is 14.4 Å². The normalized spacial score (nSPS) is 10.0. The number of alkyl carbamates (subject to hydrolysis) is 1. The van der Waals surface area contributed by atoms with Crippen molar-refractivity contribution in [1.29, 1.82) is 0 Å². The van der Waals surface area contributed by atoms with E-state index in [1.54, 1.807) is 30.1 Å². The molecule has 0 aliphatic rings. The summed E-state index contributed by atoms with van der Waals surface area (Å²) in [6, 6.07) is 19.9. The molecule has 1 unspecified atom stereocenters. The van der Waals surface area contributed by atoms with Gasteiger partial charge in [0.2, 0.25) is 0 Å². The Bertz CT molecular complexity index is 1390. The number of hydrogen-bond acceptors (Lipinski definition) is 10. The number of benzene rings is 2. The maximum absolute atomic E-state index is 11.8. The zero-order valence-electron chi connectivity index (χ0n) is 34.3. The molecule has 4 aromatic rings. The number of carbonyl (C=O) groups is 3. The minimum absolute atomic E-state index is 0.252. The molecule has 0 bridgehead atoms. The maximum atomic E-state index is 11.8. The summed E-state index contributed by atoms with van der Waals surface area (Å²) in [6.45, 7) is 19.2. The number of unbranched alkanes of at least 4 members (excludes halogenated alkanes) is 1. The topological polar surface area (TPSA) is 152 Å².